The topological polar surface area (TPSA) is 221 Å². The Morgan fingerprint density at radius 2 is 1.68 bits per heavy atom. The van der Waals surface area contributed by atoms with Crippen molar-refractivity contribution in [3.05, 3.63) is 35.7 Å². The smallest absolute Gasteiger partial charge is 0.0962 e. The van der Waals surface area contributed by atoms with Crippen LogP contribution in [0.25, 0.3) is 0 Å². The van der Waals surface area contributed by atoms with Gasteiger partial charge >= 0.3 is 0 Å². The molecule has 0 aromatic carbocycles. The molecule has 1 aromatic rings. The summed E-state index contributed by atoms with van der Waals surface area (Å²) in [5, 5.41) is 17.5. The molecule has 232 valence electrons. The second-order valence-corrected chi connectivity index (χ2v) is 9.97. The van der Waals surface area contributed by atoms with Gasteiger partial charge in [0, 0.05) is 69.3 Å². The largest absolute Gasteiger partial charge is 0.400 e. The number of piperidine rings is 1. The Hall–Kier alpha value is -2.53. The minimum absolute atomic E-state index is 0.128. The maximum Gasteiger partial charge on any atom is 0.0962 e. The number of nitrogens with zero attached hydrogens (tertiary/aromatic N) is 6. The van der Waals surface area contributed by atoms with Crippen LogP contribution in [-0.2, 0) is 13.1 Å². The molecule has 1 aliphatic heterocycles. The van der Waals surface area contributed by atoms with E-state index in [1.165, 1.54) is 32.4 Å². The Balaban J connectivity index is 0.000000603. The number of likely N-dealkylation sites (tertiary alicyclic amines) is 1. The molecule has 0 aliphatic carbocycles. The van der Waals surface area contributed by atoms with Gasteiger partial charge in [0.2, 0.25) is 0 Å². The van der Waals surface area contributed by atoms with E-state index in [0.29, 0.717) is 44.8 Å². The molecule has 0 amide bonds. The van der Waals surface area contributed by atoms with Crippen LogP contribution in [0.1, 0.15) is 51.1 Å². The zero-order valence-electron chi connectivity index (χ0n) is 24.4. The van der Waals surface area contributed by atoms with Gasteiger partial charge in [-0.05, 0) is 65.2 Å². The Kier molecular flexibility index (Phi) is 19.7. The lowest BCUT2D eigenvalue weighted by Gasteiger charge is -2.27. The highest BCUT2D eigenvalue weighted by molar-refractivity contribution is 4.98. The average Bonchev–Trinajstić information content (AvgIpc) is 3.42. The van der Waals surface area contributed by atoms with E-state index in [4.69, 9.17) is 34.6 Å². The number of hydrogen-bond acceptors (Lipinski definition) is 13. The molecular weight excluding hydrogens is 515 g/mol. The number of hydrazine groups is 2. The summed E-state index contributed by atoms with van der Waals surface area (Å²) in [7, 11) is 0. The lowest BCUT2D eigenvalue weighted by atomic mass is 10.1. The number of rotatable bonds is 19. The zero-order valence-corrected chi connectivity index (χ0v) is 24.4. The van der Waals surface area contributed by atoms with Gasteiger partial charge < -0.3 is 43.2 Å². The highest BCUT2D eigenvalue weighted by atomic mass is 19.1. The van der Waals surface area contributed by atoms with Crippen LogP contribution in [-0.4, -0.2) is 95.1 Å². The first-order valence-electron chi connectivity index (χ1n) is 14.3. The Bertz CT molecular complexity index is 811. The van der Waals surface area contributed by atoms with Crippen molar-refractivity contribution in [2.75, 3.05) is 59.0 Å². The van der Waals surface area contributed by atoms with Crippen LogP contribution >= 0.6 is 0 Å². The van der Waals surface area contributed by atoms with Crippen LogP contribution in [0.4, 0.5) is 4.39 Å². The Labute approximate surface area is 239 Å². The van der Waals surface area contributed by atoms with Gasteiger partial charge in [-0.1, -0.05) is 11.6 Å². The molecule has 1 saturated heterocycles. The van der Waals surface area contributed by atoms with Crippen molar-refractivity contribution in [3.63, 3.8) is 0 Å². The van der Waals surface area contributed by atoms with Crippen LogP contribution in [0.15, 0.2) is 30.0 Å². The van der Waals surface area contributed by atoms with Gasteiger partial charge in [-0.25, -0.2) is 11.7 Å². The fraction of sp³-hybridized carbons (Fsp3) is 0.760. The summed E-state index contributed by atoms with van der Waals surface area (Å²) in [5.74, 6) is 11.9. The Morgan fingerprint density at radius 1 is 1.00 bits per heavy atom. The molecular formula is C25H55FN14. The third kappa shape index (κ3) is 17.9. The molecule has 1 aliphatic rings. The van der Waals surface area contributed by atoms with Crippen LogP contribution in [0.5, 0.6) is 0 Å². The second kappa shape index (κ2) is 22.2. The van der Waals surface area contributed by atoms with Gasteiger partial charge in [-0.2, -0.15) is 0 Å². The normalized spacial score (nSPS) is 15.4. The predicted molar refractivity (Wildman–Crippen MR) is 159 cm³/mol. The highest BCUT2D eigenvalue weighted by Crippen LogP contribution is 2.08. The first kappa shape index (κ1) is 35.5. The van der Waals surface area contributed by atoms with Gasteiger partial charge in [0.05, 0.1) is 18.5 Å². The number of aromatic nitrogens is 3. The lowest BCUT2D eigenvalue weighted by molar-refractivity contribution is 0.216. The van der Waals surface area contributed by atoms with Gasteiger partial charge in [0.25, 0.3) is 0 Å². The van der Waals surface area contributed by atoms with E-state index >= 15 is 0 Å². The van der Waals surface area contributed by atoms with Gasteiger partial charge in [0.1, 0.15) is 0 Å². The van der Waals surface area contributed by atoms with E-state index in [9.17, 15) is 4.39 Å². The summed E-state index contributed by atoms with van der Waals surface area (Å²) in [4.78, 5) is 2.52. The minimum Gasteiger partial charge on any atom is -0.400 e. The number of hydrogen-bond donors (Lipinski definition) is 8. The standard InChI is InChI=1S/C19H44N10.C6H11FN4/c1-17(25-7-5-11-28(23)15-18(21)13-20)26-14-19(22)16-29(24)12-6-10-27-8-3-2-4-9-27;7-2-1-3-11-5-6(4-8)9-10-11/h15-17,25-26H,2-14,20-24H2,1H3;5H,1-4,8H2/b18-15-,19-16-;. The molecule has 1 unspecified atom stereocenters. The molecule has 2 heterocycles. The van der Waals surface area contributed by atoms with E-state index in [1.54, 1.807) is 27.1 Å². The predicted octanol–water partition coefficient (Wildman–Crippen LogP) is -1.22. The fourth-order valence-corrected chi connectivity index (χ4v) is 4.00. The number of nitrogens with one attached hydrogen (secondary N) is 2. The minimum atomic E-state index is -0.322. The summed E-state index contributed by atoms with van der Waals surface area (Å²) < 4.78 is 13.3. The summed E-state index contributed by atoms with van der Waals surface area (Å²) in [6.07, 6.45) is 11.8. The summed E-state index contributed by atoms with van der Waals surface area (Å²) in [6.45, 7) is 9.45. The average molecular weight is 571 g/mol. The van der Waals surface area contributed by atoms with Crippen LogP contribution in [0, 0.1) is 0 Å². The molecule has 0 saturated carbocycles. The number of halogens is 1. The van der Waals surface area contributed by atoms with Crippen molar-refractivity contribution in [2.24, 2.45) is 34.6 Å². The van der Waals surface area contributed by atoms with Crippen molar-refractivity contribution in [1.82, 2.24) is 40.5 Å². The van der Waals surface area contributed by atoms with Crippen molar-refractivity contribution in [2.45, 2.75) is 64.7 Å². The SMILES string of the molecule is CC(NCCCN(N)/C=C(\N)CN)NC/C(N)=C/N(N)CCCN1CCCCC1.NCc1cn(CCCF)nn1. The van der Waals surface area contributed by atoms with E-state index in [0.717, 1.165) is 43.9 Å². The van der Waals surface area contributed by atoms with Crippen molar-refractivity contribution >= 4 is 0 Å². The summed E-state index contributed by atoms with van der Waals surface area (Å²) in [5.41, 5.74) is 24.5. The van der Waals surface area contributed by atoms with Crippen LogP contribution in [0.3, 0.4) is 0 Å². The molecule has 1 fully saturated rings. The van der Waals surface area contributed by atoms with E-state index in [-0.39, 0.29) is 12.8 Å². The zero-order chi connectivity index (χ0) is 29.6. The van der Waals surface area contributed by atoms with Crippen LogP contribution < -0.4 is 45.3 Å². The quantitative estimate of drug-likeness (QED) is 0.0424. The van der Waals surface area contributed by atoms with Gasteiger partial charge in [-0.15, -0.1) is 5.10 Å². The second-order valence-electron chi connectivity index (χ2n) is 9.97. The summed E-state index contributed by atoms with van der Waals surface area (Å²) >= 11 is 0. The summed E-state index contributed by atoms with van der Waals surface area (Å²) in [6, 6.07) is 0. The van der Waals surface area contributed by atoms with Crippen molar-refractivity contribution in [1.29, 1.82) is 0 Å². The van der Waals surface area contributed by atoms with Gasteiger partial charge in [0.15, 0.2) is 0 Å². The van der Waals surface area contributed by atoms with Gasteiger partial charge in [-0.3, -0.25) is 14.4 Å². The molecule has 1 atom stereocenters. The lowest BCUT2D eigenvalue weighted by Crippen LogP contribution is -2.43. The van der Waals surface area contributed by atoms with Crippen molar-refractivity contribution in [3.8, 4) is 0 Å². The molecule has 15 heteroatoms. The number of nitrogens with two attached hydrogens (primary N) is 6. The molecule has 1 aromatic heterocycles. The number of aryl methyl sites for hydroxylation is 1. The molecule has 0 bridgehead atoms. The van der Waals surface area contributed by atoms with Crippen LogP contribution in [0.2, 0.25) is 0 Å². The maximum absolute atomic E-state index is 11.7. The first-order chi connectivity index (χ1) is 19.3. The molecule has 14 N–H and O–H groups in total. The maximum atomic E-state index is 11.7. The molecule has 0 radical (unpaired) electrons. The number of alkyl halides is 1. The van der Waals surface area contributed by atoms with Crippen molar-refractivity contribution < 1.29 is 4.39 Å². The Morgan fingerprint density at radius 3 is 2.30 bits per heavy atom. The highest BCUT2D eigenvalue weighted by Gasteiger charge is 2.09. The molecule has 40 heavy (non-hydrogen) atoms. The van der Waals surface area contributed by atoms with E-state index in [2.05, 4.69) is 32.8 Å². The molecule has 14 nitrogen and oxygen atoms in total. The molecule has 0 spiro atoms. The third-order valence-corrected chi connectivity index (χ3v) is 6.21. The van der Waals surface area contributed by atoms with E-state index < -0.39 is 0 Å². The third-order valence-electron chi connectivity index (χ3n) is 6.21. The molecule has 2 rings (SSSR count). The fourth-order valence-electron chi connectivity index (χ4n) is 4.00. The van der Waals surface area contributed by atoms with E-state index in [1.807, 2.05) is 6.20 Å². The first-order valence-corrected chi connectivity index (χ1v) is 14.3. The monoisotopic (exact) mass is 570 g/mol.